The SMILES string of the molecule is COc1cc(/C=N\NC(=O)Nc2ccccc2)ccc1OC(=O)c1cccnc1. The first kappa shape index (κ1) is 19.6. The normalized spacial score (nSPS) is 10.4. The zero-order valence-electron chi connectivity index (χ0n) is 15.5. The lowest BCUT2D eigenvalue weighted by Crippen LogP contribution is -2.24. The van der Waals surface area contributed by atoms with Crippen LogP contribution in [0.5, 0.6) is 11.5 Å². The van der Waals surface area contributed by atoms with Gasteiger partial charge in [-0.1, -0.05) is 18.2 Å². The van der Waals surface area contributed by atoms with Crippen LogP contribution in [0.25, 0.3) is 0 Å². The van der Waals surface area contributed by atoms with Crippen LogP contribution < -0.4 is 20.2 Å². The van der Waals surface area contributed by atoms with Crippen molar-refractivity contribution in [3.05, 3.63) is 84.2 Å². The first-order chi connectivity index (χ1) is 14.2. The summed E-state index contributed by atoms with van der Waals surface area (Å²) in [7, 11) is 1.46. The van der Waals surface area contributed by atoms with Gasteiger partial charge >= 0.3 is 12.0 Å². The second-order valence-electron chi connectivity index (χ2n) is 5.73. The summed E-state index contributed by atoms with van der Waals surface area (Å²) in [5.74, 6) is 0.0604. The molecule has 146 valence electrons. The van der Waals surface area contributed by atoms with E-state index in [0.29, 0.717) is 22.6 Å². The molecule has 1 aromatic heterocycles. The quantitative estimate of drug-likeness (QED) is 0.290. The predicted molar refractivity (Wildman–Crippen MR) is 108 cm³/mol. The third kappa shape index (κ3) is 5.64. The van der Waals surface area contributed by atoms with Crippen molar-refractivity contribution in [1.82, 2.24) is 10.4 Å². The van der Waals surface area contributed by atoms with Crippen molar-refractivity contribution in [2.24, 2.45) is 5.10 Å². The van der Waals surface area contributed by atoms with E-state index in [4.69, 9.17) is 9.47 Å². The Labute approximate surface area is 167 Å². The van der Waals surface area contributed by atoms with Gasteiger partial charge in [0.1, 0.15) is 0 Å². The molecule has 2 amide bonds. The summed E-state index contributed by atoms with van der Waals surface area (Å²) in [6.07, 6.45) is 4.43. The Morgan fingerprint density at radius 2 is 1.86 bits per heavy atom. The van der Waals surface area contributed by atoms with E-state index >= 15 is 0 Å². The van der Waals surface area contributed by atoms with Crippen LogP contribution in [0.4, 0.5) is 10.5 Å². The molecule has 0 aliphatic rings. The van der Waals surface area contributed by atoms with E-state index < -0.39 is 12.0 Å². The average Bonchev–Trinajstić information content (AvgIpc) is 2.76. The molecule has 8 nitrogen and oxygen atoms in total. The monoisotopic (exact) mass is 390 g/mol. The van der Waals surface area contributed by atoms with E-state index in [2.05, 4.69) is 20.8 Å². The summed E-state index contributed by atoms with van der Waals surface area (Å²) in [6, 6.07) is 16.7. The van der Waals surface area contributed by atoms with E-state index in [9.17, 15) is 9.59 Å². The van der Waals surface area contributed by atoms with E-state index in [1.54, 1.807) is 48.7 Å². The number of methoxy groups -OCH3 is 1. The largest absolute Gasteiger partial charge is 0.493 e. The number of para-hydroxylation sites is 1. The molecule has 3 rings (SSSR count). The first-order valence-corrected chi connectivity index (χ1v) is 8.61. The lowest BCUT2D eigenvalue weighted by molar-refractivity contribution is 0.0729. The lowest BCUT2D eigenvalue weighted by Gasteiger charge is -2.09. The smallest absolute Gasteiger partial charge is 0.345 e. The number of amides is 2. The number of aromatic nitrogens is 1. The fraction of sp³-hybridized carbons (Fsp3) is 0.0476. The molecule has 0 radical (unpaired) electrons. The minimum absolute atomic E-state index is 0.258. The van der Waals surface area contributed by atoms with Crippen molar-refractivity contribution in [3.63, 3.8) is 0 Å². The number of nitrogens with one attached hydrogen (secondary N) is 2. The molecule has 0 aliphatic carbocycles. The highest BCUT2D eigenvalue weighted by Gasteiger charge is 2.12. The maximum absolute atomic E-state index is 12.2. The molecule has 8 heteroatoms. The standard InChI is InChI=1S/C21H18N4O4/c1-28-19-12-15(13-23-25-21(27)24-17-7-3-2-4-8-17)9-10-18(19)29-20(26)16-6-5-11-22-14-16/h2-14H,1H3,(H2,24,25,27)/b23-13-. The van der Waals surface area contributed by atoms with Gasteiger partial charge in [0, 0.05) is 18.1 Å². The molecule has 0 aliphatic heterocycles. The molecular formula is C21H18N4O4. The van der Waals surface area contributed by atoms with Gasteiger partial charge in [-0.05, 0) is 48.0 Å². The number of rotatable bonds is 6. The minimum Gasteiger partial charge on any atom is -0.493 e. The molecule has 2 aromatic carbocycles. The van der Waals surface area contributed by atoms with E-state index in [1.165, 1.54) is 19.5 Å². The van der Waals surface area contributed by atoms with Crippen LogP contribution in [0.15, 0.2) is 78.2 Å². The molecule has 2 N–H and O–H groups in total. The van der Waals surface area contributed by atoms with Crippen molar-refractivity contribution >= 4 is 23.9 Å². The van der Waals surface area contributed by atoms with Gasteiger partial charge in [0.25, 0.3) is 0 Å². The van der Waals surface area contributed by atoms with Crippen molar-refractivity contribution in [2.45, 2.75) is 0 Å². The molecule has 0 fully saturated rings. The van der Waals surface area contributed by atoms with Gasteiger partial charge in [0.15, 0.2) is 11.5 Å². The van der Waals surface area contributed by atoms with Crippen LogP contribution in [0.2, 0.25) is 0 Å². The highest BCUT2D eigenvalue weighted by Crippen LogP contribution is 2.28. The van der Waals surface area contributed by atoms with E-state index in [1.807, 2.05) is 18.2 Å². The van der Waals surface area contributed by atoms with Crippen LogP contribution in [-0.2, 0) is 0 Å². The Hall–Kier alpha value is -4.20. The molecule has 0 saturated heterocycles. The number of carbonyl (C=O) groups is 2. The molecule has 1 heterocycles. The number of ether oxygens (including phenoxy) is 2. The molecule has 29 heavy (non-hydrogen) atoms. The highest BCUT2D eigenvalue weighted by atomic mass is 16.6. The fourth-order valence-corrected chi connectivity index (χ4v) is 2.34. The predicted octanol–water partition coefficient (Wildman–Crippen LogP) is 3.47. The summed E-state index contributed by atoms with van der Waals surface area (Å²) in [5, 5.41) is 6.54. The first-order valence-electron chi connectivity index (χ1n) is 8.61. The Morgan fingerprint density at radius 3 is 2.59 bits per heavy atom. The maximum atomic E-state index is 12.2. The molecule has 0 unspecified atom stereocenters. The number of nitrogens with zero attached hydrogens (tertiary/aromatic N) is 2. The van der Waals surface area contributed by atoms with Crippen molar-refractivity contribution in [1.29, 1.82) is 0 Å². The number of hydrazone groups is 1. The van der Waals surface area contributed by atoms with Gasteiger partial charge in [0.05, 0.1) is 18.9 Å². The zero-order valence-corrected chi connectivity index (χ0v) is 15.5. The summed E-state index contributed by atoms with van der Waals surface area (Å²) in [4.78, 5) is 27.9. The zero-order chi connectivity index (χ0) is 20.5. The van der Waals surface area contributed by atoms with E-state index in [0.717, 1.165) is 0 Å². The maximum Gasteiger partial charge on any atom is 0.345 e. The average molecular weight is 390 g/mol. The molecule has 0 atom stereocenters. The molecule has 0 saturated carbocycles. The van der Waals surface area contributed by atoms with Crippen molar-refractivity contribution in [2.75, 3.05) is 12.4 Å². The number of benzene rings is 2. The minimum atomic E-state index is -0.544. The number of esters is 1. The fourth-order valence-electron chi connectivity index (χ4n) is 2.34. The van der Waals surface area contributed by atoms with Crippen LogP contribution in [0, 0.1) is 0 Å². The van der Waals surface area contributed by atoms with Gasteiger partial charge in [0.2, 0.25) is 0 Å². The molecular weight excluding hydrogens is 372 g/mol. The van der Waals surface area contributed by atoms with Gasteiger partial charge in [-0.15, -0.1) is 0 Å². The lowest BCUT2D eigenvalue weighted by atomic mass is 10.2. The van der Waals surface area contributed by atoms with Crippen molar-refractivity contribution < 1.29 is 19.1 Å². The number of hydrogen-bond donors (Lipinski definition) is 2. The van der Waals surface area contributed by atoms with E-state index in [-0.39, 0.29) is 5.75 Å². The highest BCUT2D eigenvalue weighted by molar-refractivity contribution is 5.92. The van der Waals surface area contributed by atoms with Crippen LogP contribution in [0.3, 0.4) is 0 Å². The topological polar surface area (TPSA) is 102 Å². The van der Waals surface area contributed by atoms with Gasteiger partial charge < -0.3 is 14.8 Å². The molecule has 0 spiro atoms. The number of hydrogen-bond acceptors (Lipinski definition) is 6. The number of anilines is 1. The van der Waals surface area contributed by atoms with Crippen molar-refractivity contribution in [3.8, 4) is 11.5 Å². The summed E-state index contributed by atoms with van der Waals surface area (Å²) >= 11 is 0. The van der Waals surface area contributed by atoms with Gasteiger partial charge in [-0.3, -0.25) is 4.98 Å². The Bertz CT molecular complexity index is 1010. The number of pyridine rings is 1. The molecule has 3 aromatic rings. The second-order valence-corrected chi connectivity index (χ2v) is 5.73. The summed E-state index contributed by atoms with van der Waals surface area (Å²) < 4.78 is 10.6. The second kappa shape index (κ2) is 9.65. The number of carbonyl (C=O) groups excluding carboxylic acids is 2. The summed E-state index contributed by atoms with van der Waals surface area (Å²) in [6.45, 7) is 0. The third-order valence-corrected chi connectivity index (χ3v) is 3.70. The van der Waals surface area contributed by atoms with Gasteiger partial charge in [-0.25, -0.2) is 15.0 Å². The Kier molecular flexibility index (Phi) is 6.51. The van der Waals surface area contributed by atoms with Crippen LogP contribution >= 0.6 is 0 Å². The van der Waals surface area contributed by atoms with Gasteiger partial charge in [-0.2, -0.15) is 5.10 Å². The Balaban J connectivity index is 1.61. The summed E-state index contributed by atoms with van der Waals surface area (Å²) in [5.41, 5.74) is 4.00. The third-order valence-electron chi connectivity index (χ3n) is 3.70. The van der Waals surface area contributed by atoms with Crippen LogP contribution in [-0.4, -0.2) is 30.3 Å². The number of urea groups is 1. The Morgan fingerprint density at radius 1 is 1.03 bits per heavy atom. The van der Waals surface area contributed by atoms with Crippen LogP contribution in [0.1, 0.15) is 15.9 Å². The molecule has 0 bridgehead atoms.